The molecule has 1 heterocycles. The van der Waals surface area contributed by atoms with Crippen LogP contribution in [0.3, 0.4) is 0 Å². The fourth-order valence-corrected chi connectivity index (χ4v) is 2.58. The molecule has 118 valence electrons. The molecule has 2 atom stereocenters. The Balaban J connectivity index is 2.43. The van der Waals surface area contributed by atoms with Gasteiger partial charge in [0.1, 0.15) is 6.29 Å². The third-order valence-electron chi connectivity index (χ3n) is 3.45. The van der Waals surface area contributed by atoms with Crippen LogP contribution in [-0.4, -0.2) is 40.0 Å². The fourth-order valence-electron chi connectivity index (χ4n) is 2.09. The summed E-state index contributed by atoms with van der Waals surface area (Å²) in [7, 11) is 0. The van der Waals surface area contributed by atoms with Crippen LogP contribution in [0.2, 0.25) is 0 Å². The smallest absolute Gasteiger partial charge is 0.223 e. The molecule has 0 unspecified atom stereocenters. The van der Waals surface area contributed by atoms with Crippen molar-refractivity contribution in [3.63, 3.8) is 0 Å². The highest BCUT2D eigenvalue weighted by Gasteiger charge is 2.17. The summed E-state index contributed by atoms with van der Waals surface area (Å²) in [5.74, 6) is 0.671. The van der Waals surface area contributed by atoms with E-state index in [1.165, 1.54) is 0 Å². The molecule has 0 aliphatic rings. The molecule has 5 nitrogen and oxygen atoms in total. The summed E-state index contributed by atoms with van der Waals surface area (Å²) in [5.41, 5.74) is 2.09. The number of nitrogens with zero attached hydrogens (tertiary/aromatic N) is 2. The van der Waals surface area contributed by atoms with Crippen LogP contribution in [0, 0.1) is 19.8 Å². The number of carbonyl (C=O) groups is 2. The number of rotatable bonds is 9. The van der Waals surface area contributed by atoms with Crippen LogP contribution >= 0.6 is 11.8 Å². The Morgan fingerprint density at radius 2 is 2.19 bits per heavy atom. The van der Waals surface area contributed by atoms with Crippen molar-refractivity contribution in [2.24, 2.45) is 5.92 Å². The lowest BCUT2D eigenvalue weighted by molar-refractivity contribution is -0.127. The first-order chi connectivity index (χ1) is 9.97. The molecular weight excluding hydrogens is 286 g/mol. The minimum absolute atomic E-state index is 0.0604. The third-order valence-corrected chi connectivity index (χ3v) is 4.09. The Morgan fingerprint density at radius 1 is 1.48 bits per heavy atom. The zero-order valence-corrected chi connectivity index (χ0v) is 14.1. The van der Waals surface area contributed by atoms with Crippen LogP contribution in [0.4, 0.5) is 0 Å². The summed E-state index contributed by atoms with van der Waals surface area (Å²) in [6.45, 7) is 6.57. The van der Waals surface area contributed by atoms with Crippen molar-refractivity contribution in [2.45, 2.75) is 46.2 Å². The fraction of sp³-hybridized carbons (Fsp3) is 0.667. The van der Waals surface area contributed by atoms with Gasteiger partial charge in [-0.25, -0.2) is 0 Å². The van der Waals surface area contributed by atoms with E-state index in [1.54, 1.807) is 11.8 Å². The summed E-state index contributed by atoms with van der Waals surface area (Å²) >= 11 is 1.67. The molecule has 0 aliphatic carbocycles. The number of aromatic nitrogens is 2. The predicted octanol–water partition coefficient (Wildman–Crippen LogP) is 1.96. The van der Waals surface area contributed by atoms with Crippen molar-refractivity contribution in [3.05, 3.63) is 17.5 Å². The van der Waals surface area contributed by atoms with E-state index in [4.69, 9.17) is 0 Å². The van der Waals surface area contributed by atoms with Gasteiger partial charge in [-0.05, 0) is 44.8 Å². The number of nitrogens with one attached hydrogen (secondary N) is 1. The van der Waals surface area contributed by atoms with Crippen molar-refractivity contribution in [3.8, 4) is 0 Å². The molecule has 1 N–H and O–H groups in total. The van der Waals surface area contributed by atoms with Gasteiger partial charge in [0.15, 0.2) is 0 Å². The average Bonchev–Trinajstić information content (AvgIpc) is 2.78. The lowest BCUT2D eigenvalue weighted by Gasteiger charge is -2.16. The first-order valence-corrected chi connectivity index (χ1v) is 8.63. The maximum Gasteiger partial charge on any atom is 0.223 e. The van der Waals surface area contributed by atoms with Crippen molar-refractivity contribution in [1.82, 2.24) is 15.1 Å². The van der Waals surface area contributed by atoms with Gasteiger partial charge < -0.3 is 10.1 Å². The predicted molar refractivity (Wildman–Crippen MR) is 86.5 cm³/mol. The van der Waals surface area contributed by atoms with Crippen LogP contribution in [0.25, 0.3) is 0 Å². The molecule has 0 aromatic carbocycles. The van der Waals surface area contributed by atoms with Crippen LogP contribution in [0.15, 0.2) is 6.07 Å². The summed E-state index contributed by atoms with van der Waals surface area (Å²) in [5, 5.41) is 7.19. The van der Waals surface area contributed by atoms with Crippen LogP contribution in [0.1, 0.15) is 31.2 Å². The third kappa shape index (κ3) is 5.91. The molecule has 1 aromatic rings. The van der Waals surface area contributed by atoms with E-state index in [0.717, 1.165) is 23.4 Å². The minimum atomic E-state index is -0.374. The maximum atomic E-state index is 12.1. The number of thioether (sulfide) groups is 1. The van der Waals surface area contributed by atoms with Gasteiger partial charge in [0.05, 0.1) is 11.7 Å². The normalized spacial score (nSPS) is 13.7. The monoisotopic (exact) mass is 311 g/mol. The average molecular weight is 311 g/mol. The topological polar surface area (TPSA) is 64.0 Å². The molecule has 1 aromatic heterocycles. The maximum absolute atomic E-state index is 12.1. The van der Waals surface area contributed by atoms with E-state index in [1.807, 2.05) is 37.8 Å². The second-order valence-corrected chi connectivity index (χ2v) is 6.36. The molecule has 1 amide bonds. The van der Waals surface area contributed by atoms with E-state index in [0.29, 0.717) is 19.4 Å². The van der Waals surface area contributed by atoms with Crippen LogP contribution in [-0.2, 0) is 16.1 Å². The molecule has 0 radical (unpaired) electrons. The van der Waals surface area contributed by atoms with Gasteiger partial charge >= 0.3 is 0 Å². The number of carbonyl (C=O) groups excluding carboxylic acids is 2. The Morgan fingerprint density at radius 3 is 2.71 bits per heavy atom. The quantitative estimate of drug-likeness (QED) is 0.708. The number of aldehydes is 1. The van der Waals surface area contributed by atoms with E-state index in [9.17, 15) is 9.59 Å². The Bertz CT molecular complexity index is 473. The van der Waals surface area contributed by atoms with E-state index in [-0.39, 0.29) is 17.9 Å². The van der Waals surface area contributed by atoms with Gasteiger partial charge in [0.25, 0.3) is 0 Å². The van der Waals surface area contributed by atoms with Crippen LogP contribution in [0.5, 0.6) is 0 Å². The lowest BCUT2D eigenvalue weighted by atomic mass is 10.1. The second kappa shape index (κ2) is 8.87. The molecule has 21 heavy (non-hydrogen) atoms. The van der Waals surface area contributed by atoms with Gasteiger partial charge in [-0.3, -0.25) is 9.48 Å². The molecule has 0 fully saturated rings. The van der Waals surface area contributed by atoms with Gasteiger partial charge in [-0.2, -0.15) is 16.9 Å². The SMILES string of the molecule is CSCC[C@@H](C=O)NC(=O)[C@H](C)CCn1nc(C)cc1C. The summed E-state index contributed by atoms with van der Waals surface area (Å²) in [4.78, 5) is 23.0. The first kappa shape index (κ1) is 17.8. The molecule has 0 spiro atoms. The Labute approximate surface area is 130 Å². The highest BCUT2D eigenvalue weighted by molar-refractivity contribution is 7.98. The largest absolute Gasteiger partial charge is 0.346 e. The zero-order chi connectivity index (χ0) is 15.8. The van der Waals surface area contributed by atoms with Crippen molar-refractivity contribution in [1.29, 1.82) is 0 Å². The van der Waals surface area contributed by atoms with Gasteiger partial charge in [-0.1, -0.05) is 6.92 Å². The Hall–Kier alpha value is -1.30. The summed E-state index contributed by atoms with van der Waals surface area (Å²) in [6, 6.07) is 1.65. The molecule has 1 rings (SSSR count). The summed E-state index contributed by atoms with van der Waals surface area (Å²) < 4.78 is 1.92. The zero-order valence-electron chi connectivity index (χ0n) is 13.3. The Kier molecular flexibility index (Phi) is 7.50. The number of hydrogen-bond donors (Lipinski definition) is 1. The number of hydrogen-bond acceptors (Lipinski definition) is 4. The highest BCUT2D eigenvalue weighted by atomic mass is 32.2. The van der Waals surface area contributed by atoms with Crippen molar-refractivity contribution < 1.29 is 9.59 Å². The second-order valence-electron chi connectivity index (χ2n) is 5.37. The number of aryl methyl sites for hydroxylation is 3. The molecule has 0 aliphatic heterocycles. The first-order valence-electron chi connectivity index (χ1n) is 7.23. The minimum Gasteiger partial charge on any atom is -0.346 e. The number of amides is 1. The molecular formula is C15H25N3O2S. The van der Waals surface area contributed by atoms with Crippen LogP contribution < -0.4 is 5.32 Å². The van der Waals surface area contributed by atoms with Gasteiger partial charge in [0.2, 0.25) is 5.91 Å². The molecule has 0 saturated heterocycles. The van der Waals surface area contributed by atoms with Crippen molar-refractivity contribution in [2.75, 3.05) is 12.0 Å². The van der Waals surface area contributed by atoms with Gasteiger partial charge in [0, 0.05) is 18.2 Å². The van der Waals surface area contributed by atoms with E-state index in [2.05, 4.69) is 10.4 Å². The lowest BCUT2D eigenvalue weighted by Crippen LogP contribution is -2.39. The molecule has 6 heteroatoms. The molecule has 0 bridgehead atoms. The van der Waals surface area contributed by atoms with Crippen molar-refractivity contribution >= 4 is 24.0 Å². The standard InChI is InChI=1S/C15H25N3O2S/c1-11(5-7-18-13(3)9-12(2)17-18)15(20)16-14(10-19)6-8-21-4/h9-11,14H,5-8H2,1-4H3,(H,16,20)/t11-,14+/m1/s1. The van der Waals surface area contributed by atoms with E-state index >= 15 is 0 Å². The highest BCUT2D eigenvalue weighted by Crippen LogP contribution is 2.09. The molecule has 0 saturated carbocycles. The van der Waals surface area contributed by atoms with E-state index < -0.39 is 0 Å². The summed E-state index contributed by atoms with van der Waals surface area (Å²) in [6.07, 6.45) is 4.20. The van der Waals surface area contributed by atoms with Gasteiger partial charge in [-0.15, -0.1) is 0 Å².